The summed E-state index contributed by atoms with van der Waals surface area (Å²) >= 11 is 0. The highest BCUT2D eigenvalue weighted by Crippen LogP contribution is 2.34. The molecule has 2 heterocycles. The average molecular weight is 284 g/mol. The topological polar surface area (TPSA) is 131 Å². The summed E-state index contributed by atoms with van der Waals surface area (Å²) < 4.78 is 2.28. The Kier molecular flexibility index (Phi) is 3.55. The molecule has 0 radical (unpaired) electrons. The summed E-state index contributed by atoms with van der Waals surface area (Å²) in [5.41, 5.74) is 0. The zero-order chi connectivity index (χ0) is 14.9. The molecule has 0 aromatic carbocycles. The Morgan fingerprint density at radius 1 is 0.650 bits per heavy atom. The fraction of sp³-hybridized carbons (Fsp3) is 0.333. The van der Waals surface area contributed by atoms with Crippen LogP contribution in [0, 0.1) is 0 Å². The van der Waals surface area contributed by atoms with Crippen molar-refractivity contribution in [2.45, 2.75) is 25.9 Å². The number of unbranched alkanes of at least 4 members (excludes halogenated alkanes) is 1. The van der Waals surface area contributed by atoms with Crippen LogP contribution in [0.5, 0.6) is 35.0 Å². The maximum absolute atomic E-state index is 9.46. The van der Waals surface area contributed by atoms with Crippen molar-refractivity contribution in [1.29, 1.82) is 0 Å². The van der Waals surface area contributed by atoms with E-state index in [-0.39, 0.29) is 24.8 Å². The number of rotatable bonds is 5. The quantitative estimate of drug-likeness (QED) is 0.454. The summed E-state index contributed by atoms with van der Waals surface area (Å²) in [6.45, 7) is 0.514. The molecule has 2 aromatic heterocycles. The first-order valence-corrected chi connectivity index (χ1v) is 6.02. The summed E-state index contributed by atoms with van der Waals surface area (Å²) in [7, 11) is 0. The van der Waals surface area contributed by atoms with Gasteiger partial charge in [-0.3, -0.25) is 9.13 Å². The summed E-state index contributed by atoms with van der Waals surface area (Å²) in [5.74, 6) is -2.10. The molecule has 8 nitrogen and oxygen atoms in total. The molecule has 110 valence electrons. The van der Waals surface area contributed by atoms with Crippen LogP contribution in [0.3, 0.4) is 0 Å². The van der Waals surface area contributed by atoms with E-state index >= 15 is 0 Å². The molecular weight excluding hydrogens is 268 g/mol. The van der Waals surface area contributed by atoms with Gasteiger partial charge in [0, 0.05) is 25.2 Å². The molecule has 0 saturated carbocycles. The van der Waals surface area contributed by atoms with Crippen LogP contribution in [-0.2, 0) is 13.1 Å². The number of hydrogen-bond donors (Lipinski definition) is 6. The molecule has 0 fully saturated rings. The molecule has 0 aliphatic rings. The van der Waals surface area contributed by atoms with E-state index in [0.29, 0.717) is 12.8 Å². The van der Waals surface area contributed by atoms with Gasteiger partial charge in [-0.15, -0.1) is 0 Å². The maximum Gasteiger partial charge on any atom is 0.237 e. The minimum absolute atomic E-state index is 0.246. The average Bonchev–Trinajstić information content (AvgIpc) is 2.76. The number of aromatic hydroxyl groups is 6. The maximum atomic E-state index is 9.46. The highest BCUT2D eigenvalue weighted by molar-refractivity contribution is 5.40. The second-order valence-corrected chi connectivity index (χ2v) is 4.43. The lowest BCUT2D eigenvalue weighted by Gasteiger charge is -2.08. The molecule has 0 amide bonds. The lowest BCUT2D eigenvalue weighted by molar-refractivity contribution is 0.333. The van der Waals surface area contributed by atoms with Crippen molar-refractivity contribution in [3.8, 4) is 35.0 Å². The van der Waals surface area contributed by atoms with Crippen molar-refractivity contribution in [1.82, 2.24) is 9.13 Å². The van der Waals surface area contributed by atoms with Crippen LogP contribution in [0.1, 0.15) is 12.8 Å². The third-order valence-corrected chi connectivity index (χ3v) is 3.07. The van der Waals surface area contributed by atoms with E-state index in [4.69, 9.17) is 0 Å². The molecule has 0 bridgehead atoms. The van der Waals surface area contributed by atoms with Crippen LogP contribution in [0.15, 0.2) is 12.1 Å². The molecule has 0 saturated heterocycles. The van der Waals surface area contributed by atoms with E-state index in [2.05, 4.69) is 0 Å². The Morgan fingerprint density at radius 2 is 1.00 bits per heavy atom. The molecule has 20 heavy (non-hydrogen) atoms. The second kappa shape index (κ2) is 5.16. The largest absolute Gasteiger partial charge is 0.503 e. The van der Waals surface area contributed by atoms with Crippen LogP contribution in [0.4, 0.5) is 0 Å². The van der Waals surface area contributed by atoms with Gasteiger partial charge in [0.1, 0.15) is 0 Å². The Bertz CT molecular complexity index is 562. The minimum atomic E-state index is -0.410. The molecule has 0 unspecified atom stereocenters. The SMILES string of the molecule is Oc1cc(O)n(CCCCn2c(O)cc(O)c2O)c1O. The lowest BCUT2D eigenvalue weighted by atomic mass is 10.3. The first-order chi connectivity index (χ1) is 9.41. The first kappa shape index (κ1) is 13.8. The zero-order valence-electron chi connectivity index (χ0n) is 10.6. The van der Waals surface area contributed by atoms with Gasteiger partial charge in [-0.2, -0.15) is 0 Å². The van der Waals surface area contributed by atoms with Crippen molar-refractivity contribution < 1.29 is 30.6 Å². The van der Waals surface area contributed by atoms with Crippen LogP contribution >= 0.6 is 0 Å². The Labute approximate surface area is 114 Å². The third-order valence-electron chi connectivity index (χ3n) is 3.07. The van der Waals surface area contributed by atoms with Crippen molar-refractivity contribution in [3.63, 3.8) is 0 Å². The fourth-order valence-corrected chi connectivity index (χ4v) is 2.00. The predicted molar refractivity (Wildman–Crippen MR) is 68.1 cm³/mol. The van der Waals surface area contributed by atoms with Crippen LogP contribution in [0.25, 0.3) is 0 Å². The molecule has 6 N–H and O–H groups in total. The smallest absolute Gasteiger partial charge is 0.237 e. The number of aromatic nitrogens is 2. The van der Waals surface area contributed by atoms with Gasteiger partial charge in [0.05, 0.1) is 0 Å². The van der Waals surface area contributed by atoms with Crippen molar-refractivity contribution in [2.24, 2.45) is 0 Å². The van der Waals surface area contributed by atoms with Gasteiger partial charge >= 0.3 is 0 Å². The highest BCUT2D eigenvalue weighted by Gasteiger charge is 2.14. The summed E-state index contributed by atoms with van der Waals surface area (Å²) in [6.07, 6.45) is 1.01. The molecule has 2 aromatic rings. The summed E-state index contributed by atoms with van der Waals surface area (Å²) in [5, 5.41) is 56.2. The molecule has 8 heteroatoms. The van der Waals surface area contributed by atoms with E-state index < -0.39 is 23.3 Å². The molecule has 0 aliphatic carbocycles. The second-order valence-electron chi connectivity index (χ2n) is 4.43. The fourth-order valence-electron chi connectivity index (χ4n) is 2.00. The normalized spacial score (nSPS) is 11.0. The third kappa shape index (κ3) is 2.40. The van der Waals surface area contributed by atoms with Gasteiger partial charge in [0.2, 0.25) is 11.8 Å². The van der Waals surface area contributed by atoms with Crippen molar-refractivity contribution in [2.75, 3.05) is 0 Å². The molecule has 0 atom stereocenters. The standard InChI is InChI=1S/C12H16N2O6/c15-7-5-9(17)13(11(7)19)3-1-2-4-14-10(18)6-8(16)12(14)20/h5-6,15-20H,1-4H2. The number of hydrogen-bond acceptors (Lipinski definition) is 6. The Balaban J connectivity index is 1.91. The monoisotopic (exact) mass is 284 g/mol. The van der Waals surface area contributed by atoms with Gasteiger partial charge in [0.15, 0.2) is 23.3 Å². The Morgan fingerprint density at radius 3 is 1.25 bits per heavy atom. The summed E-state index contributed by atoms with van der Waals surface area (Å²) in [6, 6.07) is 2.08. The van der Waals surface area contributed by atoms with Crippen LogP contribution in [0.2, 0.25) is 0 Å². The highest BCUT2D eigenvalue weighted by atomic mass is 16.3. The van der Waals surface area contributed by atoms with Gasteiger partial charge < -0.3 is 30.6 Å². The van der Waals surface area contributed by atoms with E-state index in [1.807, 2.05) is 0 Å². The van der Waals surface area contributed by atoms with Crippen molar-refractivity contribution in [3.05, 3.63) is 12.1 Å². The molecule has 0 spiro atoms. The van der Waals surface area contributed by atoms with Crippen LogP contribution < -0.4 is 0 Å². The van der Waals surface area contributed by atoms with E-state index in [1.165, 1.54) is 0 Å². The van der Waals surface area contributed by atoms with Crippen LogP contribution in [-0.4, -0.2) is 39.8 Å². The molecular formula is C12H16N2O6. The molecule has 0 aliphatic heterocycles. The first-order valence-electron chi connectivity index (χ1n) is 6.02. The van der Waals surface area contributed by atoms with Gasteiger partial charge in [-0.25, -0.2) is 0 Å². The van der Waals surface area contributed by atoms with E-state index in [1.54, 1.807) is 0 Å². The minimum Gasteiger partial charge on any atom is -0.503 e. The zero-order valence-corrected chi connectivity index (χ0v) is 10.6. The van der Waals surface area contributed by atoms with Gasteiger partial charge in [-0.1, -0.05) is 0 Å². The van der Waals surface area contributed by atoms with Crippen molar-refractivity contribution >= 4 is 0 Å². The van der Waals surface area contributed by atoms with E-state index in [9.17, 15) is 30.6 Å². The Hall–Kier alpha value is -2.64. The molecule has 2 rings (SSSR count). The van der Waals surface area contributed by atoms with Gasteiger partial charge in [0.25, 0.3) is 0 Å². The number of nitrogens with zero attached hydrogens (tertiary/aromatic N) is 2. The summed E-state index contributed by atoms with van der Waals surface area (Å²) in [4.78, 5) is 0. The van der Waals surface area contributed by atoms with E-state index in [0.717, 1.165) is 21.3 Å². The lowest BCUT2D eigenvalue weighted by Crippen LogP contribution is -2.01. The predicted octanol–water partition coefficient (Wildman–Crippen LogP) is 1.00. The van der Waals surface area contributed by atoms with Gasteiger partial charge in [-0.05, 0) is 12.8 Å².